The van der Waals surface area contributed by atoms with Crippen LogP contribution >= 0.6 is 11.8 Å². The Labute approximate surface area is 125 Å². The van der Waals surface area contributed by atoms with E-state index in [2.05, 4.69) is 9.97 Å². The molecule has 1 unspecified atom stereocenters. The van der Waals surface area contributed by atoms with Gasteiger partial charge in [0.1, 0.15) is 5.82 Å². The third-order valence-corrected chi connectivity index (χ3v) is 4.27. The molecule has 1 saturated heterocycles. The molecule has 0 aliphatic carbocycles. The summed E-state index contributed by atoms with van der Waals surface area (Å²) in [6.45, 7) is 1.93. The largest absolute Gasteiger partial charge is 0.383 e. The van der Waals surface area contributed by atoms with Crippen molar-refractivity contribution in [2.75, 3.05) is 17.2 Å². The van der Waals surface area contributed by atoms with Crippen LogP contribution in [-0.2, 0) is 9.59 Å². The van der Waals surface area contributed by atoms with Crippen molar-refractivity contribution in [1.82, 2.24) is 9.97 Å². The number of benzene rings is 1. The van der Waals surface area contributed by atoms with Crippen molar-refractivity contribution in [2.24, 2.45) is 0 Å². The molecule has 3 rings (SSSR count). The molecule has 1 aliphatic heterocycles. The van der Waals surface area contributed by atoms with Crippen LogP contribution in [0.15, 0.2) is 24.3 Å². The summed E-state index contributed by atoms with van der Waals surface area (Å²) in [5, 5.41) is 0.724. The lowest BCUT2D eigenvalue weighted by molar-refractivity contribution is -0.117. The zero-order valence-corrected chi connectivity index (χ0v) is 12.3. The van der Waals surface area contributed by atoms with Gasteiger partial charge in [0.25, 0.3) is 0 Å². The van der Waals surface area contributed by atoms with Gasteiger partial charge >= 0.3 is 0 Å². The van der Waals surface area contributed by atoms with Gasteiger partial charge in [-0.1, -0.05) is 23.9 Å². The van der Waals surface area contributed by atoms with Crippen molar-refractivity contribution >= 4 is 45.5 Å². The number of rotatable bonds is 2. The Hall–Kier alpha value is -2.15. The molecule has 6 nitrogen and oxygen atoms in total. The van der Waals surface area contributed by atoms with Crippen LogP contribution in [0.4, 0.5) is 11.8 Å². The monoisotopic (exact) mass is 302 g/mol. The molecule has 2 aromatic rings. The van der Waals surface area contributed by atoms with Gasteiger partial charge < -0.3 is 5.73 Å². The number of carbonyl (C=O) groups is 2. The van der Waals surface area contributed by atoms with Crippen molar-refractivity contribution in [3.05, 3.63) is 24.3 Å². The summed E-state index contributed by atoms with van der Waals surface area (Å²) in [6, 6.07) is 7.40. The first-order valence-corrected chi connectivity index (χ1v) is 7.42. The Balaban J connectivity index is 1.93. The van der Waals surface area contributed by atoms with Gasteiger partial charge in [0.2, 0.25) is 11.9 Å². The Morgan fingerprint density at radius 1 is 1.38 bits per heavy atom. The lowest BCUT2D eigenvalue weighted by atomic mass is 10.2. The maximum Gasteiger partial charge on any atom is 0.234 e. The summed E-state index contributed by atoms with van der Waals surface area (Å²) in [6.07, 6.45) is 0.320. The molecule has 1 aromatic heterocycles. The molecule has 21 heavy (non-hydrogen) atoms. The fourth-order valence-electron chi connectivity index (χ4n) is 2.39. The highest BCUT2D eigenvalue weighted by Crippen LogP contribution is 2.28. The highest BCUT2D eigenvalue weighted by atomic mass is 32.2. The highest BCUT2D eigenvalue weighted by molar-refractivity contribution is 8.14. The lowest BCUT2D eigenvalue weighted by Crippen LogP contribution is -2.27. The van der Waals surface area contributed by atoms with Gasteiger partial charge in [0.15, 0.2) is 5.12 Å². The van der Waals surface area contributed by atoms with Crippen molar-refractivity contribution in [2.45, 2.75) is 18.6 Å². The summed E-state index contributed by atoms with van der Waals surface area (Å²) in [7, 11) is 0. The number of anilines is 2. The molecule has 0 spiro atoms. The summed E-state index contributed by atoms with van der Waals surface area (Å²) >= 11 is 1.18. The van der Waals surface area contributed by atoms with Gasteiger partial charge in [-0.3, -0.25) is 14.5 Å². The van der Waals surface area contributed by atoms with E-state index in [4.69, 9.17) is 5.73 Å². The molecule has 0 radical (unpaired) electrons. The number of hydrogen-bond acceptors (Lipinski definition) is 6. The molecule has 2 N–H and O–H groups in total. The Kier molecular flexibility index (Phi) is 3.50. The smallest absolute Gasteiger partial charge is 0.234 e. The van der Waals surface area contributed by atoms with E-state index in [1.807, 2.05) is 24.3 Å². The summed E-state index contributed by atoms with van der Waals surface area (Å²) < 4.78 is 0. The molecule has 0 saturated carbocycles. The predicted molar refractivity (Wildman–Crippen MR) is 83.0 cm³/mol. The van der Waals surface area contributed by atoms with Crippen molar-refractivity contribution < 1.29 is 9.59 Å². The minimum atomic E-state index is -0.0802. The number of amides is 1. The third-order valence-electron chi connectivity index (χ3n) is 3.28. The second-order valence-corrected chi connectivity index (χ2v) is 6.34. The molecule has 1 fully saturated rings. The number of fused-ring (bicyclic) bond motifs is 1. The Morgan fingerprint density at radius 3 is 2.90 bits per heavy atom. The number of hydrogen-bond donors (Lipinski definition) is 1. The number of carbonyl (C=O) groups excluding carboxylic acids is 2. The second kappa shape index (κ2) is 5.33. The SMILES string of the molecule is CC(=O)SC1CC(=O)N(c2nc(N)c3ccccc3n2)C1. The normalized spacial score (nSPS) is 18.4. The highest BCUT2D eigenvalue weighted by Gasteiger charge is 2.33. The topological polar surface area (TPSA) is 89.2 Å². The van der Waals surface area contributed by atoms with E-state index in [0.717, 1.165) is 5.39 Å². The molecule has 1 aliphatic rings. The zero-order valence-electron chi connectivity index (χ0n) is 11.4. The van der Waals surface area contributed by atoms with Crippen molar-refractivity contribution in [3.63, 3.8) is 0 Å². The van der Waals surface area contributed by atoms with Crippen LogP contribution in [0, 0.1) is 0 Å². The summed E-state index contributed by atoms with van der Waals surface area (Å²) in [5.74, 6) is 0.581. The first-order valence-electron chi connectivity index (χ1n) is 6.54. The number of para-hydroxylation sites is 1. The Bertz CT molecular complexity index is 734. The van der Waals surface area contributed by atoms with E-state index in [1.165, 1.54) is 23.6 Å². The van der Waals surface area contributed by atoms with Crippen LogP contribution in [0.25, 0.3) is 10.9 Å². The number of nitrogens with zero attached hydrogens (tertiary/aromatic N) is 3. The van der Waals surface area contributed by atoms with E-state index in [9.17, 15) is 9.59 Å². The standard InChI is InChI=1S/C14H14N4O2S/c1-8(19)21-9-6-12(20)18(7-9)14-16-11-5-3-2-4-10(11)13(15)17-14/h2-5,9H,6-7H2,1H3,(H2,15,16,17). The first kappa shape index (κ1) is 13.8. The van der Waals surface area contributed by atoms with Crippen LogP contribution in [0.3, 0.4) is 0 Å². The maximum atomic E-state index is 12.1. The van der Waals surface area contributed by atoms with Crippen LogP contribution in [0.1, 0.15) is 13.3 Å². The number of nitrogen functional groups attached to an aromatic ring is 1. The summed E-state index contributed by atoms with van der Waals surface area (Å²) in [5.41, 5.74) is 6.64. The molecule has 1 atom stereocenters. The van der Waals surface area contributed by atoms with E-state index in [0.29, 0.717) is 30.2 Å². The van der Waals surface area contributed by atoms with E-state index in [-0.39, 0.29) is 16.3 Å². The van der Waals surface area contributed by atoms with Crippen LogP contribution < -0.4 is 10.6 Å². The number of thioether (sulfide) groups is 1. The molecule has 7 heteroatoms. The van der Waals surface area contributed by atoms with Crippen molar-refractivity contribution in [3.8, 4) is 0 Å². The molecule has 1 amide bonds. The predicted octanol–water partition coefficient (Wildman–Crippen LogP) is 1.60. The molecule has 1 aromatic carbocycles. The van der Waals surface area contributed by atoms with E-state index >= 15 is 0 Å². The van der Waals surface area contributed by atoms with Crippen LogP contribution in [0.2, 0.25) is 0 Å². The average Bonchev–Trinajstić information content (AvgIpc) is 2.78. The maximum absolute atomic E-state index is 12.1. The fraction of sp³-hybridized carbons (Fsp3) is 0.286. The minimum Gasteiger partial charge on any atom is -0.383 e. The average molecular weight is 302 g/mol. The van der Waals surface area contributed by atoms with E-state index in [1.54, 1.807) is 0 Å². The van der Waals surface area contributed by atoms with E-state index < -0.39 is 0 Å². The molecule has 2 heterocycles. The quantitative estimate of drug-likeness (QED) is 0.906. The van der Waals surface area contributed by atoms with Gasteiger partial charge in [0.05, 0.1) is 5.52 Å². The molecular formula is C14H14N4O2S. The van der Waals surface area contributed by atoms with Gasteiger partial charge in [-0.15, -0.1) is 0 Å². The Morgan fingerprint density at radius 2 is 2.14 bits per heavy atom. The minimum absolute atomic E-state index is 0.00796. The fourth-order valence-corrected chi connectivity index (χ4v) is 3.31. The van der Waals surface area contributed by atoms with Crippen LogP contribution in [0.5, 0.6) is 0 Å². The molecule has 108 valence electrons. The van der Waals surface area contributed by atoms with Crippen molar-refractivity contribution in [1.29, 1.82) is 0 Å². The number of nitrogens with two attached hydrogens (primary N) is 1. The van der Waals surface area contributed by atoms with Gasteiger partial charge in [-0.05, 0) is 12.1 Å². The zero-order chi connectivity index (χ0) is 15.0. The molecular weight excluding hydrogens is 288 g/mol. The first-order chi connectivity index (χ1) is 10.0. The van der Waals surface area contributed by atoms with Gasteiger partial charge in [0, 0.05) is 30.5 Å². The summed E-state index contributed by atoms with van der Waals surface area (Å²) in [4.78, 5) is 33.4. The van der Waals surface area contributed by atoms with Gasteiger partial charge in [-0.25, -0.2) is 4.98 Å². The van der Waals surface area contributed by atoms with Gasteiger partial charge in [-0.2, -0.15) is 4.98 Å². The van der Waals surface area contributed by atoms with Crippen LogP contribution in [-0.4, -0.2) is 32.8 Å². The lowest BCUT2D eigenvalue weighted by Gasteiger charge is -2.15. The number of aromatic nitrogens is 2. The second-order valence-electron chi connectivity index (χ2n) is 4.87. The molecule has 0 bridgehead atoms. The third kappa shape index (κ3) is 2.69.